The third kappa shape index (κ3) is 3.85. The summed E-state index contributed by atoms with van der Waals surface area (Å²) in [4.78, 5) is 17.5. The molecule has 1 aromatic carbocycles. The van der Waals surface area contributed by atoms with Crippen LogP contribution in [0.15, 0.2) is 53.3 Å². The molecule has 3 heterocycles. The lowest BCUT2D eigenvalue weighted by atomic mass is 9.83. The van der Waals surface area contributed by atoms with Gasteiger partial charge in [0.05, 0.1) is 11.8 Å². The minimum absolute atomic E-state index is 0.144. The van der Waals surface area contributed by atoms with Gasteiger partial charge < -0.3 is 14.2 Å². The first-order valence-electron chi connectivity index (χ1n) is 9.91. The Morgan fingerprint density at radius 3 is 2.81 bits per heavy atom. The summed E-state index contributed by atoms with van der Waals surface area (Å²) in [6.07, 6.45) is 8.97. The second-order valence-corrected chi connectivity index (χ2v) is 7.66. The molecule has 1 aromatic heterocycles. The van der Waals surface area contributed by atoms with E-state index >= 15 is 0 Å². The number of amides is 1. The average molecular weight is 352 g/mol. The summed E-state index contributed by atoms with van der Waals surface area (Å²) in [5.41, 5.74) is 2.12. The molecule has 4 nitrogen and oxygen atoms in total. The van der Waals surface area contributed by atoms with Gasteiger partial charge in [-0.05, 0) is 56.2 Å². The van der Waals surface area contributed by atoms with Gasteiger partial charge in [0.1, 0.15) is 6.26 Å². The van der Waals surface area contributed by atoms with Crippen LogP contribution in [0.3, 0.4) is 0 Å². The molecule has 26 heavy (non-hydrogen) atoms. The van der Waals surface area contributed by atoms with Crippen molar-refractivity contribution >= 4 is 5.91 Å². The molecule has 2 aliphatic heterocycles. The number of likely N-dealkylation sites (tertiary alicyclic amines) is 2. The third-order valence-electron chi connectivity index (χ3n) is 5.96. The lowest BCUT2D eigenvalue weighted by Gasteiger charge is -2.47. The quantitative estimate of drug-likeness (QED) is 0.820. The molecule has 0 bridgehead atoms. The Bertz CT molecular complexity index is 698. The molecule has 0 aliphatic carbocycles. The summed E-state index contributed by atoms with van der Waals surface area (Å²) in [6, 6.07) is 12.9. The van der Waals surface area contributed by atoms with E-state index in [0.29, 0.717) is 17.5 Å². The van der Waals surface area contributed by atoms with Crippen LogP contribution in [0.1, 0.15) is 41.6 Å². The van der Waals surface area contributed by atoms with E-state index in [1.54, 1.807) is 18.6 Å². The summed E-state index contributed by atoms with van der Waals surface area (Å²) in [5.74, 6) is 0.760. The van der Waals surface area contributed by atoms with Gasteiger partial charge in [-0.3, -0.25) is 4.79 Å². The number of nitrogens with zero attached hydrogens (tertiary/aromatic N) is 2. The molecule has 0 radical (unpaired) electrons. The van der Waals surface area contributed by atoms with Crippen molar-refractivity contribution in [3.8, 4) is 0 Å². The van der Waals surface area contributed by atoms with E-state index in [4.69, 9.17) is 4.42 Å². The summed E-state index contributed by atoms with van der Waals surface area (Å²) < 4.78 is 5.10. The van der Waals surface area contributed by atoms with Crippen LogP contribution in [-0.2, 0) is 6.42 Å². The third-order valence-corrected chi connectivity index (χ3v) is 5.96. The van der Waals surface area contributed by atoms with Crippen LogP contribution in [0, 0.1) is 5.92 Å². The van der Waals surface area contributed by atoms with Crippen LogP contribution in [0.2, 0.25) is 0 Å². The highest BCUT2D eigenvalue weighted by atomic mass is 16.3. The number of furan rings is 1. The fourth-order valence-electron chi connectivity index (χ4n) is 4.64. The summed E-state index contributed by atoms with van der Waals surface area (Å²) in [5, 5.41) is 0. The van der Waals surface area contributed by atoms with E-state index in [9.17, 15) is 4.79 Å². The number of carbonyl (C=O) groups is 1. The fourth-order valence-corrected chi connectivity index (χ4v) is 4.64. The van der Waals surface area contributed by atoms with Gasteiger partial charge in [-0.25, -0.2) is 0 Å². The van der Waals surface area contributed by atoms with Gasteiger partial charge in [0.25, 0.3) is 5.91 Å². The zero-order chi connectivity index (χ0) is 17.8. The van der Waals surface area contributed by atoms with Gasteiger partial charge in [-0.1, -0.05) is 30.3 Å². The molecule has 0 N–H and O–H groups in total. The van der Waals surface area contributed by atoms with E-state index in [2.05, 4.69) is 40.1 Å². The van der Waals surface area contributed by atoms with E-state index in [-0.39, 0.29) is 5.91 Å². The molecule has 2 fully saturated rings. The van der Waals surface area contributed by atoms with Gasteiger partial charge in [0.2, 0.25) is 0 Å². The predicted molar refractivity (Wildman–Crippen MR) is 102 cm³/mol. The first kappa shape index (κ1) is 17.3. The molecule has 2 saturated heterocycles. The number of hydrogen-bond donors (Lipinski definition) is 0. The van der Waals surface area contributed by atoms with Crippen LogP contribution in [0.5, 0.6) is 0 Å². The molecule has 0 unspecified atom stereocenters. The molecular formula is C22H28N2O2. The largest absolute Gasteiger partial charge is 0.472 e. The van der Waals surface area contributed by atoms with Crippen LogP contribution >= 0.6 is 0 Å². The normalized spacial score (nSPS) is 23.6. The van der Waals surface area contributed by atoms with Crippen LogP contribution in [0.4, 0.5) is 0 Å². The Morgan fingerprint density at radius 1 is 1.12 bits per heavy atom. The smallest absolute Gasteiger partial charge is 0.257 e. The number of benzene rings is 1. The maximum absolute atomic E-state index is 12.8. The minimum atomic E-state index is 0.144. The molecule has 4 heteroatoms. The Kier molecular flexibility index (Phi) is 5.40. The van der Waals surface area contributed by atoms with Crippen LogP contribution < -0.4 is 0 Å². The Balaban J connectivity index is 1.30. The molecule has 2 aromatic rings. The lowest BCUT2D eigenvalue weighted by Crippen LogP contribution is -2.55. The Hall–Kier alpha value is -2.07. The highest BCUT2D eigenvalue weighted by Gasteiger charge is 2.38. The van der Waals surface area contributed by atoms with Crippen molar-refractivity contribution < 1.29 is 9.21 Å². The molecular weight excluding hydrogens is 324 g/mol. The van der Waals surface area contributed by atoms with Gasteiger partial charge in [0.15, 0.2) is 0 Å². The summed E-state index contributed by atoms with van der Waals surface area (Å²) in [7, 11) is 0. The molecule has 2 aliphatic rings. The minimum Gasteiger partial charge on any atom is -0.472 e. The van der Waals surface area contributed by atoms with Crippen LogP contribution in [0.25, 0.3) is 0 Å². The fraction of sp³-hybridized carbons (Fsp3) is 0.500. The highest BCUT2D eigenvalue weighted by molar-refractivity contribution is 5.94. The first-order chi connectivity index (χ1) is 12.8. The molecule has 0 spiro atoms. The van der Waals surface area contributed by atoms with Gasteiger partial charge in [-0.2, -0.15) is 0 Å². The standard InChI is InChI=1S/C22H28N2O2/c25-22(20-11-15-26-17-20)24-13-5-9-19-16-23(14-10-21(19)24)12-4-8-18-6-2-1-3-7-18/h1-3,6-7,11,15,17,19,21H,4-5,8-10,12-14,16H2/t19-,21+/m1/s1. The van der Waals surface area contributed by atoms with E-state index in [1.165, 1.54) is 18.4 Å². The number of rotatable bonds is 5. The van der Waals surface area contributed by atoms with Crippen molar-refractivity contribution in [1.29, 1.82) is 0 Å². The van der Waals surface area contributed by atoms with Gasteiger partial charge in [0, 0.05) is 25.7 Å². The average Bonchev–Trinajstić information content (AvgIpc) is 3.22. The van der Waals surface area contributed by atoms with Gasteiger partial charge in [-0.15, -0.1) is 0 Å². The number of aryl methyl sites for hydroxylation is 1. The van der Waals surface area contributed by atoms with Crippen molar-refractivity contribution in [3.63, 3.8) is 0 Å². The number of fused-ring (bicyclic) bond motifs is 1. The number of carbonyl (C=O) groups excluding carboxylic acids is 1. The molecule has 138 valence electrons. The van der Waals surface area contributed by atoms with Gasteiger partial charge >= 0.3 is 0 Å². The summed E-state index contributed by atoms with van der Waals surface area (Å²) >= 11 is 0. The Morgan fingerprint density at radius 2 is 2.00 bits per heavy atom. The van der Waals surface area contributed by atoms with Crippen molar-refractivity contribution in [1.82, 2.24) is 9.80 Å². The zero-order valence-electron chi connectivity index (χ0n) is 15.3. The lowest BCUT2D eigenvalue weighted by molar-refractivity contribution is 0.0200. The maximum Gasteiger partial charge on any atom is 0.257 e. The van der Waals surface area contributed by atoms with E-state index in [0.717, 1.165) is 45.4 Å². The second kappa shape index (κ2) is 8.09. The van der Waals surface area contributed by atoms with Crippen molar-refractivity contribution in [2.45, 2.75) is 38.1 Å². The predicted octanol–water partition coefficient (Wildman–Crippen LogP) is 3.84. The molecule has 2 atom stereocenters. The first-order valence-corrected chi connectivity index (χ1v) is 9.91. The van der Waals surface area contributed by atoms with E-state index < -0.39 is 0 Å². The van der Waals surface area contributed by atoms with Crippen molar-refractivity contribution in [3.05, 3.63) is 60.1 Å². The number of piperidine rings is 2. The van der Waals surface area contributed by atoms with Crippen LogP contribution in [-0.4, -0.2) is 47.9 Å². The second-order valence-electron chi connectivity index (χ2n) is 7.66. The van der Waals surface area contributed by atoms with E-state index in [1.807, 2.05) is 0 Å². The topological polar surface area (TPSA) is 36.7 Å². The SMILES string of the molecule is O=C(c1ccoc1)N1CCC[C@@H]2CN(CCCc3ccccc3)CC[C@@H]21. The van der Waals surface area contributed by atoms with Crippen molar-refractivity contribution in [2.75, 3.05) is 26.2 Å². The molecule has 4 rings (SSSR count). The maximum atomic E-state index is 12.8. The molecule has 1 amide bonds. The molecule has 0 saturated carbocycles. The van der Waals surface area contributed by atoms with Crippen molar-refractivity contribution in [2.24, 2.45) is 5.92 Å². The monoisotopic (exact) mass is 352 g/mol. The highest BCUT2D eigenvalue weighted by Crippen LogP contribution is 2.31. The summed E-state index contributed by atoms with van der Waals surface area (Å²) in [6.45, 7) is 4.28. The Labute approximate surface area is 155 Å². The zero-order valence-corrected chi connectivity index (χ0v) is 15.3. The number of hydrogen-bond acceptors (Lipinski definition) is 3.